The van der Waals surface area contributed by atoms with Gasteiger partial charge in [0.15, 0.2) is 0 Å². The van der Waals surface area contributed by atoms with Crippen LogP contribution in [-0.4, -0.2) is 15.1 Å². The third-order valence-electron chi connectivity index (χ3n) is 2.60. The van der Waals surface area contributed by atoms with Crippen LogP contribution < -0.4 is 5.32 Å². The average molecular weight is 225 g/mol. The van der Waals surface area contributed by atoms with Crippen LogP contribution in [0.15, 0.2) is 48.8 Å². The number of hydrogen-bond donors (Lipinski definition) is 3. The number of anilines is 2. The van der Waals surface area contributed by atoms with E-state index in [1.807, 2.05) is 30.5 Å². The number of pyridine rings is 1. The summed E-state index contributed by atoms with van der Waals surface area (Å²) in [5, 5.41) is 13.5. The number of H-pyrrole nitrogens is 1. The van der Waals surface area contributed by atoms with E-state index in [-0.39, 0.29) is 5.75 Å². The predicted molar refractivity (Wildman–Crippen MR) is 67.5 cm³/mol. The molecule has 84 valence electrons. The van der Waals surface area contributed by atoms with Gasteiger partial charge in [-0.15, -0.1) is 0 Å². The minimum absolute atomic E-state index is 0.260. The third-order valence-corrected chi connectivity index (χ3v) is 2.60. The van der Waals surface area contributed by atoms with Crippen LogP contribution in [0, 0.1) is 0 Å². The first kappa shape index (κ1) is 9.72. The third kappa shape index (κ3) is 1.80. The van der Waals surface area contributed by atoms with Crippen molar-refractivity contribution in [3.05, 3.63) is 48.8 Å². The number of aromatic hydroxyl groups is 1. The zero-order valence-electron chi connectivity index (χ0n) is 9.01. The van der Waals surface area contributed by atoms with E-state index in [1.165, 1.54) is 0 Å². The van der Waals surface area contributed by atoms with E-state index in [9.17, 15) is 5.11 Å². The molecule has 4 nitrogen and oxygen atoms in total. The Hall–Kier alpha value is -2.49. The molecule has 0 bridgehead atoms. The smallest absolute Gasteiger partial charge is 0.139 e. The van der Waals surface area contributed by atoms with Gasteiger partial charge in [-0.3, -0.25) is 0 Å². The number of rotatable bonds is 2. The van der Waals surface area contributed by atoms with Crippen molar-refractivity contribution in [1.29, 1.82) is 0 Å². The van der Waals surface area contributed by atoms with Crippen LogP contribution in [0.2, 0.25) is 0 Å². The molecule has 0 unspecified atom stereocenters. The van der Waals surface area contributed by atoms with E-state index in [0.29, 0.717) is 0 Å². The Bertz CT molecular complexity index is 643. The van der Waals surface area contributed by atoms with E-state index >= 15 is 0 Å². The Balaban J connectivity index is 1.97. The van der Waals surface area contributed by atoms with Crippen molar-refractivity contribution in [2.45, 2.75) is 0 Å². The van der Waals surface area contributed by atoms with Gasteiger partial charge in [0.1, 0.15) is 11.4 Å². The molecule has 0 fully saturated rings. The molecule has 0 atom stereocenters. The van der Waals surface area contributed by atoms with Gasteiger partial charge in [-0.2, -0.15) is 0 Å². The van der Waals surface area contributed by atoms with Gasteiger partial charge in [0.2, 0.25) is 0 Å². The predicted octanol–water partition coefficient (Wildman–Crippen LogP) is 3.01. The number of aromatic nitrogens is 2. The summed E-state index contributed by atoms with van der Waals surface area (Å²) in [5.41, 5.74) is 2.75. The fourth-order valence-corrected chi connectivity index (χ4v) is 1.76. The van der Waals surface area contributed by atoms with E-state index < -0.39 is 0 Å². The Morgan fingerprint density at radius 3 is 2.76 bits per heavy atom. The summed E-state index contributed by atoms with van der Waals surface area (Å²) in [7, 11) is 0. The van der Waals surface area contributed by atoms with Crippen molar-refractivity contribution < 1.29 is 5.11 Å². The lowest BCUT2D eigenvalue weighted by Gasteiger charge is -2.04. The Labute approximate surface area is 97.9 Å². The summed E-state index contributed by atoms with van der Waals surface area (Å²) in [5.74, 6) is 0.260. The van der Waals surface area contributed by atoms with Crippen LogP contribution in [0.1, 0.15) is 0 Å². The molecule has 1 aromatic carbocycles. The second-order valence-corrected chi connectivity index (χ2v) is 3.77. The summed E-state index contributed by atoms with van der Waals surface area (Å²) < 4.78 is 0. The molecule has 0 aliphatic rings. The standard InChI is InChI=1S/C13H11N3O/c17-10-5-3-9(4-6-10)16-12-8-15-13-11(12)2-1-7-14-13/h1-8,16-17H,(H,14,15). The van der Waals surface area contributed by atoms with Crippen LogP contribution in [0.3, 0.4) is 0 Å². The Morgan fingerprint density at radius 2 is 1.94 bits per heavy atom. The van der Waals surface area contributed by atoms with Gasteiger partial charge in [-0.25, -0.2) is 4.98 Å². The molecular weight excluding hydrogens is 214 g/mol. The summed E-state index contributed by atoms with van der Waals surface area (Å²) in [6.45, 7) is 0. The Kier molecular flexibility index (Phi) is 2.19. The maximum atomic E-state index is 9.21. The molecule has 0 radical (unpaired) electrons. The van der Waals surface area contributed by atoms with Gasteiger partial charge in [0.25, 0.3) is 0 Å². The first-order chi connectivity index (χ1) is 8.33. The normalized spacial score (nSPS) is 10.6. The monoisotopic (exact) mass is 225 g/mol. The van der Waals surface area contributed by atoms with Crippen molar-refractivity contribution in [3.63, 3.8) is 0 Å². The number of phenols is 1. The van der Waals surface area contributed by atoms with Gasteiger partial charge in [0, 0.05) is 23.5 Å². The number of nitrogens with one attached hydrogen (secondary N) is 2. The SMILES string of the molecule is Oc1ccc(Nc2c[nH]c3ncccc23)cc1. The van der Waals surface area contributed by atoms with Gasteiger partial charge in [0.05, 0.1) is 5.69 Å². The molecular formula is C13H11N3O. The second kappa shape index (κ2) is 3.83. The summed E-state index contributed by atoms with van der Waals surface area (Å²) in [6, 6.07) is 10.8. The van der Waals surface area contributed by atoms with Gasteiger partial charge >= 0.3 is 0 Å². The fourth-order valence-electron chi connectivity index (χ4n) is 1.76. The number of benzene rings is 1. The van der Waals surface area contributed by atoms with Crippen molar-refractivity contribution >= 4 is 22.4 Å². The lowest BCUT2D eigenvalue weighted by molar-refractivity contribution is 0.475. The minimum Gasteiger partial charge on any atom is -0.508 e. The average Bonchev–Trinajstić information content (AvgIpc) is 2.76. The first-order valence-corrected chi connectivity index (χ1v) is 5.31. The molecule has 0 amide bonds. The van der Waals surface area contributed by atoms with Crippen molar-refractivity contribution in [2.75, 3.05) is 5.32 Å². The van der Waals surface area contributed by atoms with Gasteiger partial charge in [-0.05, 0) is 36.4 Å². The number of hydrogen-bond acceptors (Lipinski definition) is 3. The molecule has 2 heterocycles. The summed E-state index contributed by atoms with van der Waals surface area (Å²) in [4.78, 5) is 7.32. The molecule has 0 saturated heterocycles. The molecule has 2 aromatic heterocycles. The first-order valence-electron chi connectivity index (χ1n) is 5.31. The maximum Gasteiger partial charge on any atom is 0.139 e. The molecule has 0 aliphatic heterocycles. The fraction of sp³-hybridized carbons (Fsp3) is 0. The molecule has 4 heteroatoms. The molecule has 0 aliphatic carbocycles. The highest BCUT2D eigenvalue weighted by Crippen LogP contribution is 2.25. The van der Waals surface area contributed by atoms with E-state index in [4.69, 9.17) is 0 Å². The zero-order chi connectivity index (χ0) is 11.7. The topological polar surface area (TPSA) is 60.9 Å². The maximum absolute atomic E-state index is 9.21. The lowest BCUT2D eigenvalue weighted by atomic mass is 10.2. The van der Waals surface area contributed by atoms with E-state index in [1.54, 1.807) is 18.3 Å². The summed E-state index contributed by atoms with van der Waals surface area (Å²) >= 11 is 0. The number of nitrogens with zero attached hydrogens (tertiary/aromatic N) is 1. The molecule has 3 aromatic rings. The van der Waals surface area contributed by atoms with Crippen molar-refractivity contribution in [1.82, 2.24) is 9.97 Å². The molecule has 3 rings (SSSR count). The molecule has 0 saturated carbocycles. The van der Waals surface area contributed by atoms with Gasteiger partial charge in [-0.1, -0.05) is 0 Å². The highest BCUT2D eigenvalue weighted by Gasteiger charge is 2.03. The van der Waals surface area contributed by atoms with E-state index in [2.05, 4.69) is 15.3 Å². The lowest BCUT2D eigenvalue weighted by Crippen LogP contribution is -1.88. The van der Waals surface area contributed by atoms with Gasteiger partial charge < -0.3 is 15.4 Å². The minimum atomic E-state index is 0.260. The Morgan fingerprint density at radius 1 is 1.12 bits per heavy atom. The van der Waals surface area contributed by atoms with Crippen LogP contribution in [-0.2, 0) is 0 Å². The highest BCUT2D eigenvalue weighted by molar-refractivity contribution is 5.91. The highest BCUT2D eigenvalue weighted by atomic mass is 16.3. The molecule has 17 heavy (non-hydrogen) atoms. The summed E-state index contributed by atoms with van der Waals surface area (Å²) in [6.07, 6.45) is 3.63. The van der Waals surface area contributed by atoms with E-state index in [0.717, 1.165) is 22.4 Å². The van der Waals surface area contributed by atoms with Crippen molar-refractivity contribution in [3.8, 4) is 5.75 Å². The van der Waals surface area contributed by atoms with Crippen LogP contribution in [0.4, 0.5) is 11.4 Å². The number of phenolic OH excluding ortho intramolecular Hbond substituents is 1. The molecule has 3 N–H and O–H groups in total. The number of aromatic amines is 1. The van der Waals surface area contributed by atoms with Crippen LogP contribution in [0.5, 0.6) is 5.75 Å². The van der Waals surface area contributed by atoms with Crippen LogP contribution >= 0.6 is 0 Å². The van der Waals surface area contributed by atoms with Crippen molar-refractivity contribution in [2.24, 2.45) is 0 Å². The molecule has 0 spiro atoms. The largest absolute Gasteiger partial charge is 0.508 e. The quantitative estimate of drug-likeness (QED) is 0.587. The zero-order valence-corrected chi connectivity index (χ0v) is 9.01. The number of fused-ring (bicyclic) bond motifs is 1. The van der Waals surface area contributed by atoms with Crippen LogP contribution in [0.25, 0.3) is 11.0 Å². The second-order valence-electron chi connectivity index (χ2n) is 3.77.